The van der Waals surface area contributed by atoms with E-state index in [0.29, 0.717) is 0 Å². The highest BCUT2D eigenvalue weighted by Gasteiger charge is 2.03. The first-order chi connectivity index (χ1) is 5.35. The van der Waals surface area contributed by atoms with Crippen LogP contribution < -0.4 is 5.32 Å². The molecule has 1 N–H and O–H groups in total. The van der Waals surface area contributed by atoms with Crippen molar-refractivity contribution in [1.82, 2.24) is 5.32 Å². The Kier molecular flexibility index (Phi) is 7.59. The van der Waals surface area contributed by atoms with Gasteiger partial charge in [0, 0.05) is 0 Å². The molecular formula is C10H21N. The highest BCUT2D eigenvalue weighted by atomic mass is 14.8. The lowest BCUT2D eigenvalue weighted by atomic mass is 9.98. The van der Waals surface area contributed by atoms with Crippen LogP contribution in [0, 0.1) is 5.92 Å². The fourth-order valence-corrected chi connectivity index (χ4v) is 1.40. The van der Waals surface area contributed by atoms with E-state index >= 15 is 0 Å². The van der Waals surface area contributed by atoms with Crippen LogP contribution in [0.4, 0.5) is 0 Å². The molecule has 0 fully saturated rings. The SMILES string of the molecule is C=CCCC(CCC)CNC. The molecule has 0 saturated heterocycles. The molecule has 0 aromatic carbocycles. The lowest BCUT2D eigenvalue weighted by Gasteiger charge is -2.13. The third kappa shape index (κ3) is 6.11. The van der Waals surface area contributed by atoms with E-state index in [-0.39, 0.29) is 0 Å². The summed E-state index contributed by atoms with van der Waals surface area (Å²) in [5.74, 6) is 0.850. The van der Waals surface area contributed by atoms with E-state index in [1.54, 1.807) is 0 Å². The van der Waals surface area contributed by atoms with Gasteiger partial charge in [-0.05, 0) is 38.8 Å². The van der Waals surface area contributed by atoms with Crippen LogP contribution in [-0.4, -0.2) is 13.6 Å². The number of hydrogen-bond acceptors (Lipinski definition) is 1. The standard InChI is InChI=1S/C10H21N/c1-4-6-8-10(7-5-2)9-11-3/h4,10-11H,1,5-9H2,2-3H3. The van der Waals surface area contributed by atoms with Gasteiger partial charge in [-0.25, -0.2) is 0 Å². The maximum atomic E-state index is 3.73. The molecule has 0 amide bonds. The normalized spacial score (nSPS) is 12.9. The summed E-state index contributed by atoms with van der Waals surface area (Å²) >= 11 is 0. The van der Waals surface area contributed by atoms with Crippen molar-refractivity contribution in [2.45, 2.75) is 32.6 Å². The van der Waals surface area contributed by atoms with Crippen molar-refractivity contribution in [3.8, 4) is 0 Å². The molecule has 0 aliphatic carbocycles. The molecule has 66 valence electrons. The molecule has 1 atom stereocenters. The van der Waals surface area contributed by atoms with Crippen LogP contribution in [0.5, 0.6) is 0 Å². The summed E-state index contributed by atoms with van der Waals surface area (Å²) < 4.78 is 0. The van der Waals surface area contributed by atoms with E-state index in [4.69, 9.17) is 0 Å². The topological polar surface area (TPSA) is 12.0 Å². The van der Waals surface area contributed by atoms with Gasteiger partial charge >= 0.3 is 0 Å². The summed E-state index contributed by atoms with van der Waals surface area (Å²) in [5, 5.41) is 3.23. The Balaban J connectivity index is 3.41. The van der Waals surface area contributed by atoms with E-state index < -0.39 is 0 Å². The summed E-state index contributed by atoms with van der Waals surface area (Å²) in [6.45, 7) is 7.13. The van der Waals surface area contributed by atoms with E-state index in [0.717, 1.165) is 18.9 Å². The smallest absolute Gasteiger partial charge is 0.00234 e. The molecule has 0 heterocycles. The van der Waals surface area contributed by atoms with E-state index in [1.807, 2.05) is 13.1 Å². The van der Waals surface area contributed by atoms with Crippen molar-refractivity contribution < 1.29 is 0 Å². The highest BCUT2D eigenvalue weighted by molar-refractivity contribution is 4.70. The predicted octanol–water partition coefficient (Wildman–Crippen LogP) is 2.59. The fourth-order valence-electron chi connectivity index (χ4n) is 1.40. The van der Waals surface area contributed by atoms with E-state index in [2.05, 4.69) is 18.8 Å². The monoisotopic (exact) mass is 155 g/mol. The molecule has 0 saturated carbocycles. The van der Waals surface area contributed by atoms with Crippen molar-refractivity contribution in [3.05, 3.63) is 12.7 Å². The Morgan fingerprint density at radius 1 is 1.45 bits per heavy atom. The maximum absolute atomic E-state index is 3.73. The average molecular weight is 155 g/mol. The minimum absolute atomic E-state index is 0.850. The Morgan fingerprint density at radius 3 is 2.64 bits per heavy atom. The number of rotatable bonds is 7. The molecular weight excluding hydrogens is 134 g/mol. The van der Waals surface area contributed by atoms with E-state index in [9.17, 15) is 0 Å². The van der Waals surface area contributed by atoms with Gasteiger partial charge in [0.1, 0.15) is 0 Å². The Hall–Kier alpha value is -0.300. The van der Waals surface area contributed by atoms with Gasteiger partial charge < -0.3 is 5.32 Å². The lowest BCUT2D eigenvalue weighted by Crippen LogP contribution is -2.18. The minimum atomic E-state index is 0.850. The van der Waals surface area contributed by atoms with Crippen molar-refractivity contribution in [2.75, 3.05) is 13.6 Å². The summed E-state index contributed by atoms with van der Waals surface area (Å²) in [6, 6.07) is 0. The van der Waals surface area contributed by atoms with Crippen LogP contribution in [0.2, 0.25) is 0 Å². The van der Waals surface area contributed by atoms with Gasteiger partial charge in [-0.2, -0.15) is 0 Å². The van der Waals surface area contributed by atoms with E-state index in [1.165, 1.54) is 19.3 Å². The first-order valence-corrected chi connectivity index (χ1v) is 4.60. The molecule has 1 nitrogen and oxygen atoms in total. The third-order valence-corrected chi connectivity index (χ3v) is 1.97. The molecule has 0 spiro atoms. The number of nitrogens with one attached hydrogen (secondary N) is 1. The molecule has 0 aliphatic heterocycles. The zero-order chi connectivity index (χ0) is 8.53. The van der Waals surface area contributed by atoms with Gasteiger partial charge in [-0.1, -0.05) is 19.4 Å². The van der Waals surface area contributed by atoms with Crippen LogP contribution >= 0.6 is 0 Å². The third-order valence-electron chi connectivity index (χ3n) is 1.97. The average Bonchev–Trinajstić information content (AvgIpc) is 2.01. The first-order valence-electron chi connectivity index (χ1n) is 4.60. The zero-order valence-electron chi connectivity index (χ0n) is 7.90. The van der Waals surface area contributed by atoms with Gasteiger partial charge in [0.25, 0.3) is 0 Å². The molecule has 11 heavy (non-hydrogen) atoms. The lowest BCUT2D eigenvalue weighted by molar-refractivity contribution is 0.431. The predicted molar refractivity (Wildman–Crippen MR) is 51.8 cm³/mol. The van der Waals surface area contributed by atoms with Gasteiger partial charge in [0.15, 0.2) is 0 Å². The molecule has 0 aliphatic rings. The van der Waals surface area contributed by atoms with Gasteiger partial charge in [0.05, 0.1) is 0 Å². The van der Waals surface area contributed by atoms with Crippen molar-refractivity contribution in [3.63, 3.8) is 0 Å². The van der Waals surface area contributed by atoms with Crippen molar-refractivity contribution >= 4 is 0 Å². The summed E-state index contributed by atoms with van der Waals surface area (Å²) in [7, 11) is 2.02. The molecule has 0 aromatic rings. The molecule has 0 radical (unpaired) electrons. The van der Waals surface area contributed by atoms with Crippen LogP contribution in [0.15, 0.2) is 12.7 Å². The molecule has 0 aromatic heterocycles. The van der Waals surface area contributed by atoms with Crippen LogP contribution in [-0.2, 0) is 0 Å². The molecule has 0 rings (SSSR count). The second kappa shape index (κ2) is 7.80. The minimum Gasteiger partial charge on any atom is -0.319 e. The van der Waals surface area contributed by atoms with Gasteiger partial charge in [-0.3, -0.25) is 0 Å². The number of allylic oxidation sites excluding steroid dienone is 1. The highest BCUT2D eigenvalue weighted by Crippen LogP contribution is 2.12. The second-order valence-corrected chi connectivity index (χ2v) is 3.08. The molecule has 1 heteroatoms. The van der Waals surface area contributed by atoms with Crippen LogP contribution in [0.1, 0.15) is 32.6 Å². The second-order valence-electron chi connectivity index (χ2n) is 3.08. The van der Waals surface area contributed by atoms with Crippen molar-refractivity contribution in [2.24, 2.45) is 5.92 Å². The maximum Gasteiger partial charge on any atom is -0.00234 e. The summed E-state index contributed by atoms with van der Waals surface area (Å²) in [6.07, 6.45) is 7.10. The Morgan fingerprint density at radius 2 is 2.18 bits per heavy atom. The Bertz CT molecular complexity index is 82.9. The van der Waals surface area contributed by atoms with Crippen LogP contribution in [0.3, 0.4) is 0 Å². The van der Waals surface area contributed by atoms with Crippen LogP contribution in [0.25, 0.3) is 0 Å². The van der Waals surface area contributed by atoms with Gasteiger partial charge in [0.2, 0.25) is 0 Å². The molecule has 0 bridgehead atoms. The molecule has 1 unspecified atom stereocenters. The summed E-state index contributed by atoms with van der Waals surface area (Å²) in [4.78, 5) is 0. The quantitative estimate of drug-likeness (QED) is 0.557. The van der Waals surface area contributed by atoms with Gasteiger partial charge in [-0.15, -0.1) is 6.58 Å². The Labute approximate surface area is 70.9 Å². The fraction of sp³-hybridized carbons (Fsp3) is 0.800. The number of hydrogen-bond donors (Lipinski definition) is 1. The largest absolute Gasteiger partial charge is 0.319 e. The van der Waals surface area contributed by atoms with Crippen molar-refractivity contribution in [1.29, 1.82) is 0 Å². The zero-order valence-corrected chi connectivity index (χ0v) is 7.90. The first kappa shape index (κ1) is 10.7. The summed E-state index contributed by atoms with van der Waals surface area (Å²) in [5.41, 5.74) is 0.